The van der Waals surface area contributed by atoms with Crippen molar-refractivity contribution in [3.8, 4) is 0 Å². The second-order valence-corrected chi connectivity index (χ2v) is 12.6. The minimum atomic E-state index is -3.98. The molecule has 3 N–H and O–H groups in total. The molecule has 0 aliphatic heterocycles. The van der Waals surface area contributed by atoms with Crippen molar-refractivity contribution >= 4 is 10.1 Å². The third-order valence-corrected chi connectivity index (χ3v) is 8.27. The summed E-state index contributed by atoms with van der Waals surface area (Å²) in [6.07, 6.45) is 25.4. The van der Waals surface area contributed by atoms with Gasteiger partial charge in [0.2, 0.25) is 0 Å². The molecular weight excluding hydrogens is 484 g/mol. The summed E-state index contributed by atoms with van der Waals surface area (Å²) < 4.78 is 32.2. The van der Waals surface area contributed by atoms with Gasteiger partial charge in [-0.15, -0.1) is 0 Å². The Morgan fingerprint density at radius 3 is 1.57 bits per heavy atom. The summed E-state index contributed by atoms with van der Waals surface area (Å²) in [6.45, 7) is 9.63. The molecule has 0 heterocycles. The molecule has 0 saturated heterocycles. The highest BCUT2D eigenvalue weighted by Crippen LogP contribution is 2.15. The molecule has 6 nitrogen and oxygen atoms in total. The van der Waals surface area contributed by atoms with Gasteiger partial charge in [0, 0.05) is 12.1 Å². The van der Waals surface area contributed by atoms with Crippen LogP contribution in [-0.4, -0.2) is 43.5 Å². The maximum absolute atomic E-state index is 11.4. The molecule has 3 unspecified atom stereocenters. The number of hydrogen-bond acceptors (Lipinski definition) is 5. The van der Waals surface area contributed by atoms with Crippen LogP contribution in [0, 0.1) is 0 Å². The SMILES string of the molecule is CCCCCCCCCCCCNC(CCS(=O)(=O)O)C(CC)NOC(CC)CCCCCCCCC. The normalized spacial score (nSPS) is 14.6. The molecule has 3 atom stereocenters. The van der Waals surface area contributed by atoms with Gasteiger partial charge in [0.15, 0.2) is 0 Å². The van der Waals surface area contributed by atoms with Gasteiger partial charge in [-0.05, 0) is 38.6 Å². The van der Waals surface area contributed by atoms with Crippen LogP contribution in [0.3, 0.4) is 0 Å². The van der Waals surface area contributed by atoms with Crippen LogP contribution < -0.4 is 10.8 Å². The summed E-state index contributed by atoms with van der Waals surface area (Å²) in [5, 5.41) is 3.57. The lowest BCUT2D eigenvalue weighted by Crippen LogP contribution is -2.49. The van der Waals surface area contributed by atoms with Crippen LogP contribution >= 0.6 is 0 Å². The van der Waals surface area contributed by atoms with Gasteiger partial charge in [-0.3, -0.25) is 9.39 Å². The van der Waals surface area contributed by atoms with E-state index in [0.29, 0.717) is 6.42 Å². The molecule has 0 rings (SSSR count). The van der Waals surface area contributed by atoms with E-state index < -0.39 is 10.1 Å². The van der Waals surface area contributed by atoms with E-state index >= 15 is 0 Å². The fourth-order valence-corrected chi connectivity index (χ4v) is 5.48. The Morgan fingerprint density at radius 1 is 0.622 bits per heavy atom. The van der Waals surface area contributed by atoms with Gasteiger partial charge in [0.05, 0.1) is 11.9 Å². The molecule has 0 aromatic carbocycles. The summed E-state index contributed by atoms with van der Waals surface area (Å²) in [4.78, 5) is 6.11. The molecule has 0 spiro atoms. The van der Waals surface area contributed by atoms with E-state index in [1.807, 2.05) is 0 Å². The van der Waals surface area contributed by atoms with Crippen LogP contribution in [0.2, 0.25) is 0 Å². The first-order valence-electron chi connectivity index (χ1n) is 16.0. The van der Waals surface area contributed by atoms with Crippen molar-refractivity contribution < 1.29 is 17.8 Å². The first-order valence-corrected chi connectivity index (χ1v) is 17.6. The van der Waals surface area contributed by atoms with Gasteiger partial charge in [-0.2, -0.15) is 13.9 Å². The van der Waals surface area contributed by atoms with Crippen molar-refractivity contribution in [1.82, 2.24) is 10.8 Å². The molecule has 224 valence electrons. The molecule has 0 radical (unpaired) electrons. The van der Waals surface area contributed by atoms with Gasteiger partial charge >= 0.3 is 0 Å². The Hall–Kier alpha value is -0.210. The number of hydroxylamine groups is 1. The summed E-state index contributed by atoms with van der Waals surface area (Å²) in [6, 6.07) is -0.0467. The third-order valence-electron chi connectivity index (χ3n) is 7.52. The quantitative estimate of drug-likeness (QED) is 0.0494. The largest absolute Gasteiger partial charge is 0.312 e. The predicted molar refractivity (Wildman–Crippen MR) is 160 cm³/mol. The maximum Gasteiger partial charge on any atom is 0.264 e. The van der Waals surface area contributed by atoms with Crippen LogP contribution in [0.25, 0.3) is 0 Å². The first-order chi connectivity index (χ1) is 17.9. The van der Waals surface area contributed by atoms with E-state index in [2.05, 4.69) is 38.5 Å². The van der Waals surface area contributed by atoms with Crippen LogP contribution in [0.5, 0.6) is 0 Å². The van der Waals surface area contributed by atoms with Crippen molar-refractivity contribution in [2.24, 2.45) is 0 Å². The fourth-order valence-electron chi connectivity index (χ4n) is 4.93. The lowest BCUT2D eigenvalue weighted by Gasteiger charge is -2.29. The van der Waals surface area contributed by atoms with Gasteiger partial charge < -0.3 is 5.32 Å². The topological polar surface area (TPSA) is 87.7 Å². The van der Waals surface area contributed by atoms with Crippen molar-refractivity contribution in [2.75, 3.05) is 12.3 Å². The molecule has 37 heavy (non-hydrogen) atoms. The summed E-state index contributed by atoms with van der Waals surface area (Å²) in [5.74, 6) is -0.226. The Morgan fingerprint density at radius 2 is 1.11 bits per heavy atom. The van der Waals surface area contributed by atoms with E-state index in [1.54, 1.807) is 0 Å². The monoisotopic (exact) mass is 548 g/mol. The average molecular weight is 549 g/mol. The van der Waals surface area contributed by atoms with Crippen LogP contribution in [0.1, 0.15) is 163 Å². The molecule has 0 bridgehead atoms. The Bertz CT molecular complexity index is 574. The summed E-state index contributed by atoms with van der Waals surface area (Å²) in [7, 11) is -3.98. The minimum Gasteiger partial charge on any atom is -0.312 e. The number of hydrogen-bond donors (Lipinski definition) is 3. The highest BCUT2D eigenvalue weighted by molar-refractivity contribution is 7.85. The number of unbranched alkanes of at least 4 members (excludes halogenated alkanes) is 15. The van der Waals surface area contributed by atoms with Crippen LogP contribution in [0.4, 0.5) is 0 Å². The highest BCUT2D eigenvalue weighted by Gasteiger charge is 2.23. The van der Waals surface area contributed by atoms with E-state index in [9.17, 15) is 13.0 Å². The molecule has 0 aromatic heterocycles. The second-order valence-electron chi connectivity index (χ2n) is 11.0. The molecule has 0 aromatic rings. The van der Waals surface area contributed by atoms with Crippen LogP contribution in [-0.2, 0) is 15.0 Å². The van der Waals surface area contributed by atoms with Gasteiger partial charge in [-0.1, -0.05) is 130 Å². The zero-order valence-corrected chi connectivity index (χ0v) is 25.9. The van der Waals surface area contributed by atoms with E-state index in [0.717, 1.165) is 32.2 Å². The summed E-state index contributed by atoms with van der Waals surface area (Å²) in [5.41, 5.74) is 3.28. The Kier molecular flexibility index (Phi) is 25.9. The first kappa shape index (κ1) is 36.8. The summed E-state index contributed by atoms with van der Waals surface area (Å²) >= 11 is 0. The Labute approximate surface area is 231 Å². The molecule has 0 fully saturated rings. The average Bonchev–Trinajstić information content (AvgIpc) is 2.87. The standard InChI is InChI=1S/C30H64N2O4S/c1-5-9-11-13-15-16-17-19-21-23-26-31-30(25-27-37(33,34)35)29(8-4)32-36-28(7-3)24-22-20-18-14-12-10-6-2/h28-32H,5-27H2,1-4H3,(H,33,34,35). The van der Waals surface area contributed by atoms with Gasteiger partial charge in [0.25, 0.3) is 10.1 Å². The van der Waals surface area contributed by atoms with Crippen molar-refractivity contribution in [3.05, 3.63) is 0 Å². The fraction of sp³-hybridized carbons (Fsp3) is 1.00. The molecular formula is C30H64N2O4S. The zero-order chi connectivity index (χ0) is 27.6. The molecule has 0 saturated carbocycles. The lowest BCUT2D eigenvalue weighted by molar-refractivity contribution is -0.0566. The Balaban J connectivity index is 4.38. The molecule has 0 amide bonds. The van der Waals surface area contributed by atoms with Crippen molar-refractivity contribution in [3.63, 3.8) is 0 Å². The van der Waals surface area contributed by atoms with Gasteiger partial charge in [-0.25, -0.2) is 0 Å². The molecule has 0 aliphatic carbocycles. The van der Waals surface area contributed by atoms with Crippen molar-refractivity contribution in [1.29, 1.82) is 0 Å². The molecule has 0 aliphatic rings. The predicted octanol–water partition coefficient (Wildman–Crippen LogP) is 8.36. The highest BCUT2D eigenvalue weighted by atomic mass is 32.2. The van der Waals surface area contributed by atoms with Crippen molar-refractivity contribution in [2.45, 2.75) is 181 Å². The third kappa shape index (κ3) is 24.6. The maximum atomic E-state index is 11.4. The minimum absolute atomic E-state index is 0.00737. The number of rotatable bonds is 29. The second kappa shape index (κ2) is 26.0. The van der Waals surface area contributed by atoms with E-state index in [1.165, 1.54) is 103 Å². The smallest absolute Gasteiger partial charge is 0.264 e. The molecule has 7 heteroatoms. The van der Waals surface area contributed by atoms with Gasteiger partial charge in [0.1, 0.15) is 0 Å². The number of nitrogens with one attached hydrogen (secondary N) is 2. The lowest BCUT2D eigenvalue weighted by atomic mass is 10.0. The van der Waals surface area contributed by atoms with E-state index in [4.69, 9.17) is 4.84 Å². The zero-order valence-electron chi connectivity index (χ0n) is 25.1. The van der Waals surface area contributed by atoms with Crippen LogP contribution in [0.15, 0.2) is 0 Å². The van der Waals surface area contributed by atoms with E-state index in [-0.39, 0.29) is 23.9 Å².